The van der Waals surface area contributed by atoms with Gasteiger partial charge in [0.25, 0.3) is 5.91 Å². The van der Waals surface area contributed by atoms with Crippen LogP contribution in [0, 0.1) is 5.92 Å². The molecule has 1 fully saturated rings. The van der Waals surface area contributed by atoms with Crippen LogP contribution in [0.3, 0.4) is 0 Å². The molecule has 1 aliphatic carbocycles. The van der Waals surface area contributed by atoms with E-state index in [4.69, 9.17) is 0 Å². The van der Waals surface area contributed by atoms with Gasteiger partial charge in [-0.25, -0.2) is 5.43 Å². The number of carbonyl (C=O) groups excluding carboxylic acids is 2. The highest BCUT2D eigenvalue weighted by Gasteiger charge is 2.40. The predicted molar refractivity (Wildman–Crippen MR) is 138 cm³/mol. The Morgan fingerprint density at radius 3 is 1.91 bits per heavy atom. The third-order valence-electron chi connectivity index (χ3n) is 6.58. The molecule has 0 aliphatic heterocycles. The summed E-state index contributed by atoms with van der Waals surface area (Å²) in [7, 11) is 0. The van der Waals surface area contributed by atoms with Gasteiger partial charge in [-0.2, -0.15) is 5.10 Å². The van der Waals surface area contributed by atoms with Gasteiger partial charge >= 0.3 is 0 Å². The van der Waals surface area contributed by atoms with E-state index in [1.54, 1.807) is 55.5 Å². The molecule has 1 saturated carbocycles. The zero-order valence-corrected chi connectivity index (χ0v) is 19.9. The number of nitrogens with one attached hydrogen (secondary N) is 2. The molecule has 3 aromatic rings. The molecule has 0 heterocycles. The first-order chi connectivity index (χ1) is 17.0. The molecule has 0 saturated heterocycles. The molecule has 0 radical (unpaired) electrons. The number of anilines is 1. The molecule has 35 heavy (non-hydrogen) atoms. The lowest BCUT2D eigenvalue weighted by atomic mass is 9.85. The molecule has 3 aromatic carbocycles. The first-order valence-corrected chi connectivity index (χ1v) is 12.1. The number of hydrogen-bond acceptors (Lipinski definition) is 4. The molecular weight excluding hydrogens is 438 g/mol. The summed E-state index contributed by atoms with van der Waals surface area (Å²) in [5.41, 5.74) is 3.67. The Bertz CT molecular complexity index is 1130. The minimum Gasteiger partial charge on any atom is -0.372 e. The van der Waals surface area contributed by atoms with E-state index < -0.39 is 11.5 Å². The van der Waals surface area contributed by atoms with Gasteiger partial charge < -0.3 is 10.4 Å². The van der Waals surface area contributed by atoms with Crippen molar-refractivity contribution in [3.05, 3.63) is 102 Å². The van der Waals surface area contributed by atoms with Gasteiger partial charge in [-0.3, -0.25) is 9.59 Å². The van der Waals surface area contributed by atoms with Gasteiger partial charge in [-0.1, -0.05) is 92.1 Å². The van der Waals surface area contributed by atoms with E-state index in [0.717, 1.165) is 36.9 Å². The third-order valence-corrected chi connectivity index (χ3v) is 6.58. The second-order valence-electron chi connectivity index (χ2n) is 8.98. The lowest BCUT2D eigenvalue weighted by molar-refractivity contribution is -0.136. The van der Waals surface area contributed by atoms with Crippen LogP contribution < -0.4 is 10.7 Å². The molecule has 0 spiro atoms. The molecule has 3 N–H and O–H groups in total. The summed E-state index contributed by atoms with van der Waals surface area (Å²) in [4.78, 5) is 25.7. The summed E-state index contributed by atoms with van der Waals surface area (Å²) in [5.74, 6) is -0.475. The van der Waals surface area contributed by atoms with Crippen LogP contribution in [0.4, 0.5) is 5.69 Å². The van der Waals surface area contributed by atoms with Crippen LogP contribution in [0.15, 0.2) is 90.0 Å². The lowest BCUT2D eigenvalue weighted by Gasteiger charge is -2.27. The van der Waals surface area contributed by atoms with Crippen molar-refractivity contribution >= 4 is 23.2 Å². The number of carbonyl (C=O) groups is 2. The summed E-state index contributed by atoms with van der Waals surface area (Å²) in [6.07, 6.45) is 5.34. The molecule has 4 rings (SSSR count). The molecule has 0 bridgehead atoms. The summed E-state index contributed by atoms with van der Waals surface area (Å²) in [5, 5.41) is 18.8. The van der Waals surface area contributed by atoms with Crippen molar-refractivity contribution < 1.29 is 14.7 Å². The summed E-state index contributed by atoms with van der Waals surface area (Å²) in [6.45, 7) is 1.78. The Labute approximate surface area is 206 Å². The van der Waals surface area contributed by atoms with E-state index in [0.29, 0.717) is 16.8 Å². The van der Waals surface area contributed by atoms with Crippen LogP contribution >= 0.6 is 0 Å². The minimum atomic E-state index is -1.89. The van der Waals surface area contributed by atoms with E-state index in [1.165, 1.54) is 6.42 Å². The zero-order chi connectivity index (χ0) is 24.7. The predicted octanol–water partition coefficient (Wildman–Crippen LogP) is 4.98. The molecule has 1 aliphatic rings. The van der Waals surface area contributed by atoms with Crippen LogP contribution in [0.1, 0.15) is 55.7 Å². The molecule has 2 amide bonds. The first-order valence-electron chi connectivity index (χ1n) is 12.1. The number of rotatable bonds is 7. The van der Waals surface area contributed by atoms with Gasteiger partial charge in [-0.05, 0) is 48.6 Å². The topological polar surface area (TPSA) is 90.8 Å². The number of hydrazone groups is 1. The van der Waals surface area contributed by atoms with Gasteiger partial charge in [0, 0.05) is 11.6 Å². The van der Waals surface area contributed by atoms with E-state index in [-0.39, 0.29) is 11.8 Å². The Balaban J connectivity index is 1.46. The number of nitrogens with zero attached hydrogens (tertiary/aromatic N) is 1. The fourth-order valence-corrected chi connectivity index (χ4v) is 4.47. The Kier molecular flexibility index (Phi) is 7.73. The van der Waals surface area contributed by atoms with Crippen molar-refractivity contribution in [3.63, 3.8) is 0 Å². The van der Waals surface area contributed by atoms with Crippen LogP contribution in [-0.2, 0) is 15.2 Å². The minimum absolute atomic E-state index is 0.0798. The van der Waals surface area contributed by atoms with Crippen LogP contribution in [0.2, 0.25) is 0 Å². The Morgan fingerprint density at radius 1 is 0.829 bits per heavy atom. The van der Waals surface area contributed by atoms with Crippen molar-refractivity contribution in [1.29, 1.82) is 0 Å². The van der Waals surface area contributed by atoms with Gasteiger partial charge in [-0.15, -0.1) is 0 Å². The highest BCUT2D eigenvalue weighted by atomic mass is 16.3. The number of amides is 2. The second kappa shape index (κ2) is 11.1. The molecule has 0 aromatic heterocycles. The zero-order valence-electron chi connectivity index (χ0n) is 19.9. The standard InChI is InChI=1S/C29H31N3O3/c1-21(22-17-19-26(20-18-22)30-27(33)23-11-5-2-6-12-23)31-32-28(34)29(35,24-13-7-3-8-14-24)25-15-9-4-10-16-25/h3-4,7-10,13-20,23,35H,2,5-6,11-12H2,1H3,(H,30,33)(H,32,34)/b31-21-. The maximum absolute atomic E-state index is 13.2. The van der Waals surface area contributed by atoms with E-state index in [1.807, 2.05) is 36.4 Å². The third kappa shape index (κ3) is 5.66. The van der Waals surface area contributed by atoms with Crippen LogP contribution in [-0.4, -0.2) is 22.6 Å². The maximum Gasteiger partial charge on any atom is 0.281 e. The number of benzene rings is 3. The summed E-state index contributed by atoms with van der Waals surface area (Å²) >= 11 is 0. The van der Waals surface area contributed by atoms with Crippen LogP contribution in [0.25, 0.3) is 0 Å². The molecule has 180 valence electrons. The first kappa shape index (κ1) is 24.4. The fraction of sp³-hybridized carbons (Fsp3) is 0.276. The molecule has 0 unspecified atom stereocenters. The Hall–Kier alpha value is -3.77. The number of hydrogen-bond donors (Lipinski definition) is 3. The maximum atomic E-state index is 13.2. The average Bonchev–Trinajstić information content (AvgIpc) is 2.93. The van der Waals surface area contributed by atoms with Crippen molar-refractivity contribution in [2.24, 2.45) is 11.0 Å². The normalized spacial score (nSPS) is 14.9. The largest absolute Gasteiger partial charge is 0.372 e. The number of aliphatic hydroxyl groups is 1. The SMILES string of the molecule is C/C(=N/NC(=O)C(O)(c1ccccc1)c1ccccc1)c1ccc(NC(=O)C2CCCCC2)cc1. The van der Waals surface area contributed by atoms with Gasteiger partial charge in [0.1, 0.15) is 0 Å². The molecule has 6 nitrogen and oxygen atoms in total. The summed E-state index contributed by atoms with van der Waals surface area (Å²) < 4.78 is 0. The van der Waals surface area contributed by atoms with Gasteiger partial charge in [0.05, 0.1) is 5.71 Å². The molecule has 6 heteroatoms. The lowest BCUT2D eigenvalue weighted by Crippen LogP contribution is -2.43. The van der Waals surface area contributed by atoms with Crippen molar-refractivity contribution in [2.75, 3.05) is 5.32 Å². The van der Waals surface area contributed by atoms with E-state index in [2.05, 4.69) is 15.8 Å². The Morgan fingerprint density at radius 2 is 1.37 bits per heavy atom. The smallest absolute Gasteiger partial charge is 0.281 e. The second-order valence-corrected chi connectivity index (χ2v) is 8.98. The van der Waals surface area contributed by atoms with E-state index >= 15 is 0 Å². The van der Waals surface area contributed by atoms with Crippen molar-refractivity contribution in [2.45, 2.75) is 44.6 Å². The van der Waals surface area contributed by atoms with Gasteiger partial charge in [0.2, 0.25) is 5.91 Å². The van der Waals surface area contributed by atoms with Gasteiger partial charge in [0.15, 0.2) is 5.60 Å². The fourth-order valence-electron chi connectivity index (χ4n) is 4.47. The quantitative estimate of drug-likeness (QED) is 0.337. The summed E-state index contributed by atoms with van der Waals surface area (Å²) in [6, 6.07) is 25.0. The molecule has 0 atom stereocenters. The highest BCUT2D eigenvalue weighted by Crippen LogP contribution is 2.30. The average molecular weight is 470 g/mol. The monoisotopic (exact) mass is 469 g/mol. The van der Waals surface area contributed by atoms with Crippen LogP contribution in [0.5, 0.6) is 0 Å². The van der Waals surface area contributed by atoms with E-state index in [9.17, 15) is 14.7 Å². The highest BCUT2D eigenvalue weighted by molar-refractivity contribution is 6.00. The molecular formula is C29H31N3O3. The van der Waals surface area contributed by atoms with Crippen molar-refractivity contribution in [3.8, 4) is 0 Å². The van der Waals surface area contributed by atoms with Crippen molar-refractivity contribution in [1.82, 2.24) is 5.43 Å².